The van der Waals surface area contributed by atoms with Gasteiger partial charge in [-0.05, 0) is 24.4 Å². The summed E-state index contributed by atoms with van der Waals surface area (Å²) >= 11 is 9.26. The van der Waals surface area contributed by atoms with Crippen LogP contribution in [0.2, 0.25) is 0 Å². The fraction of sp³-hybridized carbons (Fsp3) is 0.200. The molecule has 0 aromatic rings. The first-order chi connectivity index (χ1) is 5.07. The molecular weight excluding hydrogens is 180 g/mol. The van der Waals surface area contributed by atoms with E-state index in [4.69, 9.17) is 11.5 Å². The Bertz CT molecular complexity index is 179. The number of rotatable bonds is 2. The Kier molecular flexibility index (Phi) is 4.47. The third-order valence-electron chi connectivity index (χ3n) is 0.823. The lowest BCUT2D eigenvalue weighted by Gasteiger charge is -2.21. The summed E-state index contributed by atoms with van der Waals surface area (Å²) in [6.07, 6.45) is 1.63. The molecule has 0 bridgehead atoms. The molecule has 0 heterocycles. The number of hydrogen-bond acceptors (Lipinski definition) is 2. The van der Waals surface area contributed by atoms with Crippen molar-refractivity contribution in [1.29, 1.82) is 0 Å². The highest BCUT2D eigenvalue weighted by Gasteiger charge is 2.02. The summed E-state index contributed by atoms with van der Waals surface area (Å²) in [6.45, 7) is 3.97. The van der Waals surface area contributed by atoms with E-state index in [0.29, 0.717) is 6.54 Å². The van der Waals surface area contributed by atoms with Gasteiger partial charge in [-0.3, -0.25) is 10.4 Å². The lowest BCUT2D eigenvalue weighted by atomic mass is 10.6. The van der Waals surface area contributed by atoms with Crippen LogP contribution in [-0.4, -0.2) is 21.8 Å². The zero-order valence-electron chi connectivity index (χ0n) is 5.91. The molecule has 0 aromatic carbocycles. The normalized spacial score (nSPS) is 8.36. The second-order valence-electron chi connectivity index (χ2n) is 1.71. The molecule has 11 heavy (non-hydrogen) atoms. The van der Waals surface area contributed by atoms with Gasteiger partial charge in [-0.1, -0.05) is 6.08 Å². The predicted octanol–water partition coefficient (Wildman–Crippen LogP) is -0.534. The molecule has 0 unspecified atom stereocenters. The van der Waals surface area contributed by atoms with Crippen LogP contribution in [0.3, 0.4) is 0 Å². The highest BCUT2D eigenvalue weighted by Crippen LogP contribution is 1.81. The third-order valence-corrected chi connectivity index (χ3v) is 1.13. The first kappa shape index (κ1) is 10.1. The van der Waals surface area contributed by atoms with Crippen LogP contribution >= 0.6 is 24.4 Å². The van der Waals surface area contributed by atoms with Crippen molar-refractivity contribution in [3.05, 3.63) is 12.7 Å². The predicted molar refractivity (Wildman–Crippen MR) is 53.6 cm³/mol. The summed E-state index contributed by atoms with van der Waals surface area (Å²) < 4.78 is 0. The topological polar surface area (TPSA) is 67.3 Å². The first-order valence-corrected chi connectivity index (χ1v) is 3.63. The monoisotopic (exact) mass is 190 g/mol. The fourth-order valence-corrected chi connectivity index (χ4v) is 0.683. The minimum absolute atomic E-state index is 0.125. The highest BCUT2D eigenvalue weighted by molar-refractivity contribution is 7.80. The summed E-state index contributed by atoms with van der Waals surface area (Å²) in [5, 5.41) is 1.72. The summed E-state index contributed by atoms with van der Waals surface area (Å²) in [5.74, 6) is 0. The third kappa shape index (κ3) is 4.51. The second-order valence-corrected chi connectivity index (χ2v) is 2.57. The van der Waals surface area contributed by atoms with Gasteiger partial charge in [0.25, 0.3) is 0 Å². The van der Waals surface area contributed by atoms with Gasteiger partial charge in [0.2, 0.25) is 0 Å². The van der Waals surface area contributed by atoms with E-state index in [2.05, 4.69) is 36.4 Å². The van der Waals surface area contributed by atoms with Gasteiger partial charge < -0.3 is 11.5 Å². The molecule has 0 saturated heterocycles. The number of nitrogens with zero attached hydrogens (tertiary/aromatic N) is 1. The van der Waals surface area contributed by atoms with Crippen molar-refractivity contribution < 1.29 is 0 Å². The lowest BCUT2D eigenvalue weighted by Crippen LogP contribution is -2.50. The molecule has 4 nitrogen and oxygen atoms in total. The Balaban J connectivity index is 3.99. The Morgan fingerprint density at radius 3 is 2.36 bits per heavy atom. The largest absolute Gasteiger partial charge is 0.375 e. The van der Waals surface area contributed by atoms with Crippen LogP contribution in [0.25, 0.3) is 0 Å². The van der Waals surface area contributed by atoms with Crippen molar-refractivity contribution in [2.45, 2.75) is 0 Å². The average molecular weight is 190 g/mol. The van der Waals surface area contributed by atoms with Crippen LogP contribution < -0.4 is 16.9 Å². The number of thiocarbonyl (C=S) groups is 2. The molecule has 0 aliphatic heterocycles. The van der Waals surface area contributed by atoms with Crippen LogP contribution in [0.4, 0.5) is 0 Å². The molecule has 5 N–H and O–H groups in total. The zero-order chi connectivity index (χ0) is 8.85. The van der Waals surface area contributed by atoms with Crippen LogP contribution in [0, 0.1) is 0 Å². The summed E-state index contributed by atoms with van der Waals surface area (Å²) in [7, 11) is 0. The maximum absolute atomic E-state index is 5.30. The van der Waals surface area contributed by atoms with Gasteiger partial charge in [-0.2, -0.15) is 0 Å². The van der Waals surface area contributed by atoms with E-state index in [9.17, 15) is 0 Å². The molecule has 6 heteroatoms. The maximum atomic E-state index is 5.30. The average Bonchev–Trinajstić information content (AvgIpc) is 1.86. The van der Waals surface area contributed by atoms with Crippen molar-refractivity contribution in [3.63, 3.8) is 0 Å². The van der Waals surface area contributed by atoms with E-state index in [-0.39, 0.29) is 10.2 Å². The molecule has 0 rings (SSSR count). The van der Waals surface area contributed by atoms with Gasteiger partial charge in [0, 0.05) is 0 Å². The molecule has 0 radical (unpaired) electrons. The molecule has 0 aliphatic carbocycles. The molecule has 0 amide bonds. The smallest absolute Gasteiger partial charge is 0.185 e. The Labute approximate surface area is 76.2 Å². The number of hydrogen-bond donors (Lipinski definition) is 3. The molecular formula is C5H10N4S2. The van der Waals surface area contributed by atoms with Crippen molar-refractivity contribution >= 4 is 34.7 Å². The highest BCUT2D eigenvalue weighted by atomic mass is 32.1. The van der Waals surface area contributed by atoms with Crippen LogP contribution in [-0.2, 0) is 0 Å². The summed E-state index contributed by atoms with van der Waals surface area (Å²) in [6, 6.07) is 0. The number of nitrogens with two attached hydrogens (primary N) is 2. The van der Waals surface area contributed by atoms with Crippen molar-refractivity contribution in [2.24, 2.45) is 11.5 Å². The quantitative estimate of drug-likeness (QED) is 0.309. The van der Waals surface area contributed by atoms with Crippen LogP contribution in [0.1, 0.15) is 0 Å². The second kappa shape index (κ2) is 4.86. The fourth-order valence-electron chi connectivity index (χ4n) is 0.453. The van der Waals surface area contributed by atoms with Crippen molar-refractivity contribution in [2.75, 3.05) is 6.54 Å². The zero-order valence-corrected chi connectivity index (χ0v) is 7.54. The molecule has 0 atom stereocenters. The molecule has 0 fully saturated rings. The molecule has 0 saturated carbocycles. The summed E-state index contributed by atoms with van der Waals surface area (Å²) in [5.41, 5.74) is 13.1. The standard InChI is InChI=1S/C5H10N4S2/c1-2-3-9(5(7)11)8-4(6)10/h2H,1,3H2,(H2,7,11)(H3,6,8,10). The van der Waals surface area contributed by atoms with Crippen LogP contribution in [0.15, 0.2) is 12.7 Å². The van der Waals surface area contributed by atoms with Crippen molar-refractivity contribution in [1.82, 2.24) is 10.4 Å². The van der Waals surface area contributed by atoms with Gasteiger partial charge in [0.1, 0.15) is 0 Å². The van der Waals surface area contributed by atoms with Gasteiger partial charge in [0.05, 0.1) is 6.54 Å². The van der Waals surface area contributed by atoms with Gasteiger partial charge in [-0.15, -0.1) is 6.58 Å². The molecule has 0 spiro atoms. The SMILES string of the molecule is C=CCN(NC(N)=S)C(N)=S. The maximum Gasteiger partial charge on any atom is 0.185 e. The van der Waals surface area contributed by atoms with Gasteiger partial charge >= 0.3 is 0 Å². The van der Waals surface area contributed by atoms with Gasteiger partial charge in [0.15, 0.2) is 10.2 Å². The van der Waals surface area contributed by atoms with E-state index in [1.165, 1.54) is 5.01 Å². The number of hydrazine groups is 1. The minimum Gasteiger partial charge on any atom is -0.375 e. The molecule has 0 aliphatic rings. The van der Waals surface area contributed by atoms with E-state index < -0.39 is 0 Å². The van der Waals surface area contributed by atoms with E-state index >= 15 is 0 Å². The Morgan fingerprint density at radius 2 is 2.09 bits per heavy atom. The lowest BCUT2D eigenvalue weighted by molar-refractivity contribution is 0.420. The number of nitrogens with one attached hydrogen (secondary N) is 1. The van der Waals surface area contributed by atoms with E-state index in [1.807, 2.05) is 0 Å². The van der Waals surface area contributed by atoms with E-state index in [0.717, 1.165) is 0 Å². The van der Waals surface area contributed by atoms with E-state index in [1.54, 1.807) is 6.08 Å². The Morgan fingerprint density at radius 1 is 1.55 bits per heavy atom. The summed E-state index contributed by atoms with van der Waals surface area (Å²) in [4.78, 5) is 0. The minimum atomic E-state index is 0.125. The van der Waals surface area contributed by atoms with Gasteiger partial charge in [-0.25, -0.2) is 0 Å². The molecule has 0 aromatic heterocycles. The first-order valence-electron chi connectivity index (χ1n) is 2.82. The molecule has 62 valence electrons. The van der Waals surface area contributed by atoms with Crippen molar-refractivity contribution in [3.8, 4) is 0 Å². The Hall–Kier alpha value is -0.880. The van der Waals surface area contributed by atoms with Crippen LogP contribution in [0.5, 0.6) is 0 Å².